The van der Waals surface area contributed by atoms with Crippen LogP contribution in [0, 0.1) is 5.41 Å². The van der Waals surface area contributed by atoms with Gasteiger partial charge in [0, 0.05) is 12.5 Å². The van der Waals surface area contributed by atoms with Crippen LogP contribution in [-0.4, -0.2) is 14.8 Å². The van der Waals surface area contributed by atoms with Crippen molar-refractivity contribution in [3.8, 4) is 0 Å². The van der Waals surface area contributed by atoms with Gasteiger partial charge in [0.15, 0.2) is 0 Å². The van der Waals surface area contributed by atoms with Crippen molar-refractivity contribution in [2.24, 2.45) is 5.41 Å². The summed E-state index contributed by atoms with van der Waals surface area (Å²) in [5, 5.41) is 8.70. The van der Waals surface area contributed by atoms with Crippen LogP contribution < -0.4 is 0 Å². The van der Waals surface area contributed by atoms with Gasteiger partial charge in [-0.2, -0.15) is 0 Å². The molecule has 0 radical (unpaired) electrons. The van der Waals surface area contributed by atoms with Crippen LogP contribution in [-0.2, 0) is 6.54 Å². The highest BCUT2D eigenvalue weighted by molar-refractivity contribution is 6.28. The Morgan fingerprint density at radius 1 is 1.31 bits per heavy atom. The van der Waals surface area contributed by atoms with E-state index < -0.39 is 0 Å². The monoisotopic (exact) mass is 241 g/mol. The molecule has 0 aromatic carbocycles. The smallest absolute Gasteiger partial charge is 0.225 e. The number of hydrogen-bond acceptors (Lipinski definition) is 2. The molecule has 4 heteroatoms. The van der Waals surface area contributed by atoms with Crippen LogP contribution in [0.5, 0.6) is 0 Å². The first-order valence-electron chi connectivity index (χ1n) is 6.10. The lowest BCUT2D eigenvalue weighted by molar-refractivity contribution is 0.276. The highest BCUT2D eigenvalue weighted by Crippen LogP contribution is 2.40. The summed E-state index contributed by atoms with van der Waals surface area (Å²) < 4.78 is 2.09. The Hall–Kier alpha value is -0.570. The number of halogens is 1. The van der Waals surface area contributed by atoms with Gasteiger partial charge >= 0.3 is 0 Å². The van der Waals surface area contributed by atoms with E-state index in [-0.39, 0.29) is 0 Å². The van der Waals surface area contributed by atoms with E-state index in [4.69, 9.17) is 11.6 Å². The molecular weight excluding hydrogens is 222 g/mol. The van der Waals surface area contributed by atoms with Gasteiger partial charge in [-0.25, -0.2) is 0 Å². The second-order valence-electron chi connectivity index (χ2n) is 5.59. The summed E-state index contributed by atoms with van der Waals surface area (Å²) in [5.41, 5.74) is 0.385. The lowest BCUT2D eigenvalue weighted by Crippen LogP contribution is -2.21. The molecule has 0 saturated heterocycles. The fourth-order valence-corrected chi connectivity index (χ4v) is 2.82. The first kappa shape index (κ1) is 11.9. The average Bonchev–Trinajstić information content (AvgIpc) is 2.76. The van der Waals surface area contributed by atoms with Crippen LogP contribution >= 0.6 is 11.6 Å². The summed E-state index contributed by atoms with van der Waals surface area (Å²) in [5.74, 6) is 1.39. The lowest BCUT2D eigenvalue weighted by atomic mass is 9.88. The molecule has 1 fully saturated rings. The quantitative estimate of drug-likeness (QED) is 0.809. The van der Waals surface area contributed by atoms with Crippen molar-refractivity contribution in [2.75, 3.05) is 0 Å². The van der Waals surface area contributed by atoms with Crippen LogP contribution in [0.3, 0.4) is 0 Å². The van der Waals surface area contributed by atoms with Crippen molar-refractivity contribution < 1.29 is 0 Å². The number of aromatic nitrogens is 3. The predicted molar refractivity (Wildman–Crippen MR) is 65.7 cm³/mol. The summed E-state index contributed by atoms with van der Waals surface area (Å²) in [6.45, 7) is 7.58. The molecule has 1 saturated carbocycles. The normalized spacial score (nSPS) is 19.6. The van der Waals surface area contributed by atoms with Crippen molar-refractivity contribution in [2.45, 2.75) is 58.9 Å². The Kier molecular flexibility index (Phi) is 3.24. The van der Waals surface area contributed by atoms with E-state index in [2.05, 4.69) is 35.5 Å². The van der Waals surface area contributed by atoms with Gasteiger partial charge in [-0.1, -0.05) is 33.6 Å². The number of rotatable bonds is 3. The zero-order chi connectivity index (χ0) is 11.8. The van der Waals surface area contributed by atoms with E-state index in [1.165, 1.54) is 25.7 Å². The van der Waals surface area contributed by atoms with Crippen LogP contribution in [0.25, 0.3) is 0 Å². The molecule has 1 aromatic heterocycles. The zero-order valence-corrected chi connectivity index (χ0v) is 11.1. The Balaban J connectivity index is 2.23. The molecule has 90 valence electrons. The number of hydrogen-bond donors (Lipinski definition) is 0. The van der Waals surface area contributed by atoms with Crippen molar-refractivity contribution in [3.05, 3.63) is 11.1 Å². The molecule has 0 aliphatic heterocycles. The van der Waals surface area contributed by atoms with E-state index >= 15 is 0 Å². The molecule has 2 rings (SSSR count). The summed E-state index contributed by atoms with van der Waals surface area (Å²) in [6.07, 6.45) is 5.26. The second kappa shape index (κ2) is 4.36. The van der Waals surface area contributed by atoms with Crippen molar-refractivity contribution >= 4 is 11.6 Å². The summed E-state index contributed by atoms with van der Waals surface area (Å²) in [7, 11) is 0. The van der Waals surface area contributed by atoms with Crippen LogP contribution in [0.2, 0.25) is 5.28 Å². The molecule has 0 N–H and O–H groups in total. The largest absolute Gasteiger partial charge is 0.301 e. The molecule has 1 aliphatic rings. The van der Waals surface area contributed by atoms with E-state index in [1.54, 1.807) is 0 Å². The van der Waals surface area contributed by atoms with Gasteiger partial charge in [0.25, 0.3) is 0 Å². The minimum absolute atomic E-state index is 0.380. The van der Waals surface area contributed by atoms with Gasteiger partial charge in [0.2, 0.25) is 5.28 Å². The van der Waals surface area contributed by atoms with E-state index in [9.17, 15) is 0 Å². The highest BCUT2D eigenvalue weighted by Gasteiger charge is 2.31. The second-order valence-corrected chi connectivity index (χ2v) is 5.92. The summed E-state index contributed by atoms with van der Waals surface area (Å²) in [4.78, 5) is 0. The third-order valence-corrected chi connectivity index (χ3v) is 3.88. The van der Waals surface area contributed by atoms with E-state index in [0.29, 0.717) is 16.6 Å². The van der Waals surface area contributed by atoms with Gasteiger partial charge in [-0.3, -0.25) is 0 Å². The SMILES string of the molecule is CC(C)c1nnc(Cl)n1CC1(C)CCCC1. The Morgan fingerprint density at radius 2 is 1.94 bits per heavy atom. The van der Waals surface area contributed by atoms with Crippen LogP contribution in [0.15, 0.2) is 0 Å². The maximum Gasteiger partial charge on any atom is 0.225 e. The Morgan fingerprint density at radius 3 is 2.50 bits per heavy atom. The molecule has 0 amide bonds. The van der Waals surface area contributed by atoms with Crippen molar-refractivity contribution in [1.82, 2.24) is 14.8 Å². The summed E-state index contributed by atoms with van der Waals surface area (Å²) >= 11 is 6.12. The molecule has 1 heterocycles. The molecule has 3 nitrogen and oxygen atoms in total. The molecule has 1 aliphatic carbocycles. The standard InChI is InChI=1S/C12H20ClN3/c1-9(2)10-14-15-11(13)16(10)8-12(3)6-4-5-7-12/h9H,4-8H2,1-3H3. The lowest BCUT2D eigenvalue weighted by Gasteiger charge is -2.25. The Bertz CT molecular complexity index is 364. The third-order valence-electron chi connectivity index (χ3n) is 3.60. The van der Waals surface area contributed by atoms with Crippen LogP contribution in [0.4, 0.5) is 0 Å². The molecule has 0 bridgehead atoms. The fourth-order valence-electron chi connectivity index (χ4n) is 2.64. The maximum absolute atomic E-state index is 6.12. The van der Waals surface area contributed by atoms with Crippen LogP contribution in [0.1, 0.15) is 58.2 Å². The zero-order valence-electron chi connectivity index (χ0n) is 10.3. The average molecular weight is 242 g/mol. The Labute approximate surface area is 102 Å². The van der Waals surface area contributed by atoms with Gasteiger partial charge < -0.3 is 4.57 Å². The van der Waals surface area contributed by atoms with Gasteiger partial charge in [-0.05, 0) is 29.9 Å². The minimum atomic E-state index is 0.380. The predicted octanol–water partition coefficient (Wildman–Crippen LogP) is 3.64. The number of nitrogens with zero attached hydrogens (tertiary/aromatic N) is 3. The highest BCUT2D eigenvalue weighted by atomic mass is 35.5. The van der Waals surface area contributed by atoms with Crippen molar-refractivity contribution in [3.63, 3.8) is 0 Å². The third kappa shape index (κ3) is 2.24. The van der Waals surface area contributed by atoms with Gasteiger partial charge in [-0.15, -0.1) is 10.2 Å². The van der Waals surface area contributed by atoms with Gasteiger partial charge in [0.05, 0.1) is 0 Å². The fraction of sp³-hybridized carbons (Fsp3) is 0.833. The summed E-state index contributed by atoms with van der Waals surface area (Å²) in [6, 6.07) is 0. The maximum atomic E-state index is 6.12. The van der Waals surface area contributed by atoms with E-state index in [0.717, 1.165) is 12.4 Å². The van der Waals surface area contributed by atoms with E-state index in [1.807, 2.05) is 0 Å². The minimum Gasteiger partial charge on any atom is -0.301 e. The van der Waals surface area contributed by atoms with Gasteiger partial charge in [0.1, 0.15) is 5.82 Å². The van der Waals surface area contributed by atoms with Crippen molar-refractivity contribution in [1.29, 1.82) is 0 Å². The first-order chi connectivity index (χ1) is 7.52. The topological polar surface area (TPSA) is 30.7 Å². The molecular formula is C12H20ClN3. The molecule has 16 heavy (non-hydrogen) atoms. The molecule has 0 atom stereocenters. The molecule has 1 aromatic rings. The first-order valence-corrected chi connectivity index (χ1v) is 6.48. The molecule has 0 spiro atoms. The molecule has 0 unspecified atom stereocenters.